The molecular formula is C13H15BrN2O. The molecule has 0 saturated heterocycles. The van der Waals surface area contributed by atoms with Gasteiger partial charge >= 0.3 is 0 Å². The van der Waals surface area contributed by atoms with Crippen LogP contribution >= 0.6 is 15.9 Å². The fourth-order valence-corrected chi connectivity index (χ4v) is 1.79. The van der Waals surface area contributed by atoms with Crippen LogP contribution in [-0.4, -0.2) is 19.8 Å². The topological polar surface area (TPSA) is 45.0 Å². The molecule has 4 heteroatoms. The molecule has 1 aromatic carbocycles. The monoisotopic (exact) mass is 294 g/mol. The smallest absolute Gasteiger partial charge is 0.0992 e. The van der Waals surface area contributed by atoms with E-state index in [2.05, 4.69) is 33.9 Å². The zero-order valence-corrected chi connectivity index (χ0v) is 11.2. The quantitative estimate of drug-likeness (QED) is 0.620. The first kappa shape index (κ1) is 13.8. The van der Waals surface area contributed by atoms with E-state index in [0.29, 0.717) is 18.8 Å². The first-order valence-corrected chi connectivity index (χ1v) is 6.19. The van der Waals surface area contributed by atoms with Crippen molar-refractivity contribution in [2.24, 2.45) is 0 Å². The molecule has 0 fully saturated rings. The number of nitriles is 1. The van der Waals surface area contributed by atoms with Crippen LogP contribution in [0.1, 0.15) is 12.0 Å². The third kappa shape index (κ3) is 5.53. The molecule has 0 unspecified atom stereocenters. The molecule has 0 aliphatic rings. The van der Waals surface area contributed by atoms with Gasteiger partial charge in [-0.1, -0.05) is 22.0 Å². The largest absolute Gasteiger partial charge is 0.383 e. The van der Waals surface area contributed by atoms with Gasteiger partial charge in [-0.15, -0.1) is 6.58 Å². The number of halogens is 1. The Morgan fingerprint density at radius 1 is 1.41 bits per heavy atom. The van der Waals surface area contributed by atoms with Gasteiger partial charge in [-0.05, 0) is 24.6 Å². The number of hydrogen-bond donors (Lipinski definition) is 1. The van der Waals surface area contributed by atoms with Crippen molar-refractivity contribution in [2.75, 3.05) is 25.1 Å². The summed E-state index contributed by atoms with van der Waals surface area (Å²) in [5.74, 6) is 0. The summed E-state index contributed by atoms with van der Waals surface area (Å²) in [6.45, 7) is 5.69. The van der Waals surface area contributed by atoms with E-state index in [-0.39, 0.29) is 0 Å². The average molecular weight is 295 g/mol. The van der Waals surface area contributed by atoms with Gasteiger partial charge in [0.2, 0.25) is 0 Å². The second-order valence-corrected chi connectivity index (χ2v) is 4.37. The SMILES string of the molecule is C=CCCOCCNc1cc(Br)cc(C#N)c1. The van der Waals surface area contributed by atoms with Crippen molar-refractivity contribution in [2.45, 2.75) is 6.42 Å². The minimum absolute atomic E-state index is 0.634. The molecule has 0 saturated carbocycles. The van der Waals surface area contributed by atoms with Gasteiger partial charge in [-0.3, -0.25) is 0 Å². The van der Waals surface area contributed by atoms with Gasteiger partial charge in [0, 0.05) is 16.7 Å². The normalized spacial score (nSPS) is 9.65. The van der Waals surface area contributed by atoms with E-state index in [1.165, 1.54) is 0 Å². The summed E-state index contributed by atoms with van der Waals surface area (Å²) < 4.78 is 6.27. The fourth-order valence-electron chi connectivity index (χ4n) is 1.29. The first-order chi connectivity index (χ1) is 8.26. The van der Waals surface area contributed by atoms with E-state index in [9.17, 15) is 0 Å². The summed E-state index contributed by atoms with van der Waals surface area (Å²) in [6, 6.07) is 7.65. The van der Waals surface area contributed by atoms with Crippen LogP contribution in [-0.2, 0) is 4.74 Å². The number of hydrogen-bond acceptors (Lipinski definition) is 3. The lowest BCUT2D eigenvalue weighted by Gasteiger charge is -2.07. The van der Waals surface area contributed by atoms with Gasteiger partial charge in [-0.2, -0.15) is 5.26 Å². The number of rotatable bonds is 7. The van der Waals surface area contributed by atoms with E-state index in [1.54, 1.807) is 6.07 Å². The lowest BCUT2D eigenvalue weighted by Crippen LogP contribution is -2.09. The highest BCUT2D eigenvalue weighted by Crippen LogP contribution is 2.18. The van der Waals surface area contributed by atoms with Gasteiger partial charge < -0.3 is 10.1 Å². The molecule has 0 radical (unpaired) electrons. The third-order valence-corrected chi connectivity index (χ3v) is 2.53. The van der Waals surface area contributed by atoms with Crippen LogP contribution in [0.5, 0.6) is 0 Å². The zero-order chi connectivity index (χ0) is 12.5. The second-order valence-electron chi connectivity index (χ2n) is 3.46. The molecule has 0 amide bonds. The predicted molar refractivity (Wildman–Crippen MR) is 73.0 cm³/mol. The Morgan fingerprint density at radius 3 is 2.94 bits per heavy atom. The van der Waals surface area contributed by atoms with Gasteiger partial charge in [0.15, 0.2) is 0 Å². The van der Waals surface area contributed by atoms with E-state index >= 15 is 0 Å². The van der Waals surface area contributed by atoms with Crippen LogP contribution in [0.25, 0.3) is 0 Å². The third-order valence-electron chi connectivity index (χ3n) is 2.07. The van der Waals surface area contributed by atoms with Crippen LogP contribution in [0, 0.1) is 11.3 Å². The van der Waals surface area contributed by atoms with E-state index in [1.807, 2.05) is 18.2 Å². The van der Waals surface area contributed by atoms with Crippen molar-refractivity contribution in [3.63, 3.8) is 0 Å². The Hall–Kier alpha value is -1.31. The second kappa shape index (κ2) is 7.88. The molecule has 0 heterocycles. The molecular weight excluding hydrogens is 280 g/mol. The number of nitrogens with zero attached hydrogens (tertiary/aromatic N) is 1. The van der Waals surface area contributed by atoms with Crippen LogP contribution in [0.2, 0.25) is 0 Å². The van der Waals surface area contributed by atoms with Gasteiger partial charge in [0.25, 0.3) is 0 Å². The van der Waals surface area contributed by atoms with Crippen LogP contribution in [0.15, 0.2) is 35.3 Å². The lowest BCUT2D eigenvalue weighted by atomic mass is 10.2. The van der Waals surface area contributed by atoms with Crippen LogP contribution in [0.4, 0.5) is 5.69 Å². The van der Waals surface area contributed by atoms with E-state index in [4.69, 9.17) is 10.00 Å². The number of benzene rings is 1. The minimum atomic E-state index is 0.634. The maximum atomic E-state index is 8.82. The molecule has 1 rings (SSSR count). The average Bonchev–Trinajstić information content (AvgIpc) is 2.33. The first-order valence-electron chi connectivity index (χ1n) is 5.39. The molecule has 0 spiro atoms. The van der Waals surface area contributed by atoms with Gasteiger partial charge in [-0.25, -0.2) is 0 Å². The van der Waals surface area contributed by atoms with E-state index in [0.717, 1.165) is 23.1 Å². The Labute approximate surface area is 110 Å². The Bertz CT molecular complexity index is 412. The number of ether oxygens (including phenoxy) is 1. The summed E-state index contributed by atoms with van der Waals surface area (Å²) in [4.78, 5) is 0. The van der Waals surface area contributed by atoms with Gasteiger partial charge in [0.05, 0.1) is 24.8 Å². The maximum absolute atomic E-state index is 8.82. The van der Waals surface area contributed by atoms with Crippen molar-refractivity contribution >= 4 is 21.6 Å². The van der Waals surface area contributed by atoms with Crippen molar-refractivity contribution in [3.8, 4) is 6.07 Å². The number of nitrogens with one attached hydrogen (secondary N) is 1. The Morgan fingerprint density at radius 2 is 2.24 bits per heavy atom. The summed E-state index contributed by atoms with van der Waals surface area (Å²) in [5, 5.41) is 12.0. The molecule has 1 N–H and O–H groups in total. The maximum Gasteiger partial charge on any atom is 0.0992 e. The predicted octanol–water partition coefficient (Wildman–Crippen LogP) is 3.33. The van der Waals surface area contributed by atoms with Crippen molar-refractivity contribution < 1.29 is 4.74 Å². The standard InChI is InChI=1S/C13H15BrN2O/c1-2-3-5-17-6-4-16-13-8-11(10-15)7-12(14)9-13/h2,7-9,16H,1,3-6H2. The summed E-state index contributed by atoms with van der Waals surface area (Å²) in [5.41, 5.74) is 1.55. The summed E-state index contributed by atoms with van der Waals surface area (Å²) >= 11 is 3.36. The summed E-state index contributed by atoms with van der Waals surface area (Å²) in [7, 11) is 0. The van der Waals surface area contributed by atoms with Crippen LogP contribution in [0.3, 0.4) is 0 Å². The molecule has 0 bridgehead atoms. The molecule has 17 heavy (non-hydrogen) atoms. The molecule has 90 valence electrons. The number of anilines is 1. The molecule has 0 aliphatic carbocycles. The van der Waals surface area contributed by atoms with Crippen molar-refractivity contribution in [1.29, 1.82) is 5.26 Å². The fraction of sp³-hybridized carbons (Fsp3) is 0.308. The lowest BCUT2D eigenvalue weighted by molar-refractivity contribution is 0.149. The highest BCUT2D eigenvalue weighted by atomic mass is 79.9. The Balaban J connectivity index is 2.34. The van der Waals surface area contributed by atoms with E-state index < -0.39 is 0 Å². The molecule has 3 nitrogen and oxygen atoms in total. The summed E-state index contributed by atoms with van der Waals surface area (Å²) in [6.07, 6.45) is 2.70. The van der Waals surface area contributed by atoms with Crippen LogP contribution < -0.4 is 5.32 Å². The highest BCUT2D eigenvalue weighted by Gasteiger charge is 1.98. The van der Waals surface area contributed by atoms with Crippen molar-refractivity contribution in [1.82, 2.24) is 0 Å². The minimum Gasteiger partial charge on any atom is -0.383 e. The van der Waals surface area contributed by atoms with Crippen molar-refractivity contribution in [3.05, 3.63) is 40.9 Å². The Kier molecular flexibility index (Phi) is 6.38. The molecule has 1 aromatic rings. The molecule has 0 aromatic heterocycles. The highest BCUT2D eigenvalue weighted by molar-refractivity contribution is 9.10. The molecule has 0 atom stereocenters. The van der Waals surface area contributed by atoms with Gasteiger partial charge in [0.1, 0.15) is 0 Å². The zero-order valence-electron chi connectivity index (χ0n) is 9.58. The molecule has 0 aliphatic heterocycles.